The van der Waals surface area contributed by atoms with Crippen LogP contribution < -0.4 is 10.0 Å². The molecule has 0 bridgehead atoms. The highest BCUT2D eigenvalue weighted by Crippen LogP contribution is 2.22. The van der Waals surface area contributed by atoms with Gasteiger partial charge in [0.1, 0.15) is 0 Å². The minimum atomic E-state index is -3.84. The minimum Gasteiger partial charge on any atom is -0.478 e. The molecule has 0 radical (unpaired) electrons. The molecule has 0 amide bonds. The molecule has 3 aromatic rings. The Balaban J connectivity index is 1.78. The summed E-state index contributed by atoms with van der Waals surface area (Å²) in [5, 5.41) is 12.6. The van der Waals surface area contributed by atoms with Crippen LogP contribution in [0.2, 0.25) is 0 Å². The van der Waals surface area contributed by atoms with E-state index in [1.165, 1.54) is 18.2 Å². The van der Waals surface area contributed by atoms with Gasteiger partial charge in [-0.15, -0.1) is 0 Å². The van der Waals surface area contributed by atoms with Crippen molar-refractivity contribution in [2.75, 3.05) is 5.32 Å². The Kier molecular flexibility index (Phi) is 6.08. The zero-order valence-electron chi connectivity index (χ0n) is 15.0. The van der Waals surface area contributed by atoms with Gasteiger partial charge in [0.2, 0.25) is 10.0 Å². The van der Waals surface area contributed by atoms with Crippen molar-refractivity contribution in [3.05, 3.63) is 95.6 Å². The summed E-state index contributed by atoms with van der Waals surface area (Å²) in [6, 6.07) is 22.7. The second-order valence-corrected chi connectivity index (χ2v) is 7.93. The van der Waals surface area contributed by atoms with E-state index in [0.29, 0.717) is 12.2 Å². The summed E-state index contributed by atoms with van der Waals surface area (Å²) in [7, 11) is -3.84. The van der Waals surface area contributed by atoms with Crippen molar-refractivity contribution in [3.8, 4) is 0 Å². The summed E-state index contributed by atoms with van der Waals surface area (Å²) in [6.45, 7) is 0.555. The number of carboxylic acid groups (broad SMARTS) is 1. The minimum absolute atomic E-state index is 0.0916. The lowest BCUT2D eigenvalue weighted by Gasteiger charge is -2.12. The van der Waals surface area contributed by atoms with Crippen LogP contribution in [0.5, 0.6) is 0 Å². The van der Waals surface area contributed by atoms with Crippen molar-refractivity contribution in [2.24, 2.45) is 0 Å². The molecule has 0 saturated heterocycles. The molecule has 0 atom stereocenters. The highest BCUT2D eigenvalue weighted by molar-refractivity contribution is 7.89. The molecule has 3 rings (SSSR count). The lowest BCUT2D eigenvalue weighted by atomic mass is 10.1. The van der Waals surface area contributed by atoms with Gasteiger partial charge in [-0.1, -0.05) is 60.7 Å². The van der Waals surface area contributed by atoms with E-state index in [2.05, 4.69) is 10.0 Å². The first-order valence-electron chi connectivity index (χ1n) is 8.64. The van der Waals surface area contributed by atoms with Crippen molar-refractivity contribution in [1.29, 1.82) is 0 Å². The van der Waals surface area contributed by atoms with Gasteiger partial charge in [-0.3, -0.25) is 0 Å². The second-order valence-electron chi connectivity index (χ2n) is 6.16. The number of carboxylic acids is 1. The molecule has 0 fully saturated rings. The number of sulfonamides is 1. The number of aromatic carboxylic acids is 1. The summed E-state index contributed by atoms with van der Waals surface area (Å²) in [5.74, 6) is -1.20. The number of rotatable bonds is 8. The van der Waals surface area contributed by atoms with Crippen molar-refractivity contribution >= 4 is 21.7 Å². The molecule has 3 aromatic carbocycles. The number of hydrogen-bond acceptors (Lipinski definition) is 4. The molecule has 0 aromatic heterocycles. The average Bonchev–Trinajstić information content (AvgIpc) is 2.72. The molecule has 0 aliphatic heterocycles. The largest absolute Gasteiger partial charge is 0.478 e. The molecule has 3 N–H and O–H groups in total. The predicted molar refractivity (Wildman–Crippen MR) is 108 cm³/mol. The highest BCUT2D eigenvalue weighted by Gasteiger charge is 2.19. The van der Waals surface area contributed by atoms with Gasteiger partial charge in [-0.25, -0.2) is 17.9 Å². The van der Waals surface area contributed by atoms with Gasteiger partial charge in [0, 0.05) is 18.8 Å². The summed E-state index contributed by atoms with van der Waals surface area (Å²) < 4.78 is 27.6. The molecule has 0 aliphatic rings. The molecule has 28 heavy (non-hydrogen) atoms. The Labute approximate surface area is 163 Å². The first-order valence-corrected chi connectivity index (χ1v) is 10.1. The first-order chi connectivity index (χ1) is 13.5. The van der Waals surface area contributed by atoms with E-state index in [-0.39, 0.29) is 17.0 Å². The van der Waals surface area contributed by atoms with Gasteiger partial charge in [0.25, 0.3) is 0 Å². The zero-order valence-corrected chi connectivity index (χ0v) is 15.8. The Morgan fingerprint density at radius 3 is 1.96 bits per heavy atom. The van der Waals surface area contributed by atoms with Crippen molar-refractivity contribution < 1.29 is 18.3 Å². The fourth-order valence-electron chi connectivity index (χ4n) is 2.67. The summed E-state index contributed by atoms with van der Waals surface area (Å²) in [5.41, 5.74) is 2.06. The number of benzene rings is 3. The molecule has 0 unspecified atom stereocenters. The van der Waals surface area contributed by atoms with Crippen LogP contribution in [0.25, 0.3) is 0 Å². The maximum atomic E-state index is 12.5. The standard InChI is InChI=1S/C21H20N2O4S/c24-21(25)19-13-18(28(26,27)23-15-17-9-5-2-6-10-17)11-12-20(19)22-14-16-7-3-1-4-8-16/h1-13,22-23H,14-15H2,(H,24,25). The zero-order chi connectivity index (χ0) is 20.0. The Morgan fingerprint density at radius 1 is 0.821 bits per heavy atom. The molecule has 0 heterocycles. The SMILES string of the molecule is O=C(O)c1cc(S(=O)(=O)NCc2ccccc2)ccc1NCc1ccccc1. The van der Waals surface area contributed by atoms with Crippen LogP contribution >= 0.6 is 0 Å². The van der Waals surface area contributed by atoms with Crippen LogP contribution in [0, 0.1) is 0 Å². The molecule has 7 heteroatoms. The van der Waals surface area contributed by atoms with Crippen LogP contribution in [0.3, 0.4) is 0 Å². The Morgan fingerprint density at radius 2 is 1.39 bits per heavy atom. The predicted octanol–water partition coefficient (Wildman–Crippen LogP) is 3.48. The summed E-state index contributed by atoms with van der Waals surface area (Å²) in [4.78, 5) is 11.5. The normalized spacial score (nSPS) is 11.1. The molecule has 144 valence electrons. The fourth-order valence-corrected chi connectivity index (χ4v) is 3.72. The van der Waals surface area contributed by atoms with Gasteiger partial charge in [-0.2, -0.15) is 0 Å². The molecule has 0 saturated carbocycles. The van der Waals surface area contributed by atoms with Crippen molar-refractivity contribution in [2.45, 2.75) is 18.0 Å². The Hall–Kier alpha value is -3.16. The molecular weight excluding hydrogens is 376 g/mol. The maximum absolute atomic E-state index is 12.5. The third-order valence-electron chi connectivity index (χ3n) is 4.17. The number of nitrogens with one attached hydrogen (secondary N) is 2. The molecular formula is C21H20N2O4S. The molecule has 0 spiro atoms. The van der Waals surface area contributed by atoms with Crippen LogP contribution in [0.1, 0.15) is 21.5 Å². The van der Waals surface area contributed by atoms with E-state index < -0.39 is 16.0 Å². The summed E-state index contributed by atoms with van der Waals surface area (Å²) in [6.07, 6.45) is 0. The van der Waals surface area contributed by atoms with Crippen molar-refractivity contribution in [3.63, 3.8) is 0 Å². The number of carbonyl (C=O) groups is 1. The third-order valence-corrected chi connectivity index (χ3v) is 5.57. The number of hydrogen-bond donors (Lipinski definition) is 3. The number of anilines is 1. The molecule has 0 aliphatic carbocycles. The monoisotopic (exact) mass is 396 g/mol. The lowest BCUT2D eigenvalue weighted by Crippen LogP contribution is -2.23. The first kappa shape index (κ1) is 19.6. The van der Waals surface area contributed by atoms with Gasteiger partial charge in [0.15, 0.2) is 0 Å². The topological polar surface area (TPSA) is 95.5 Å². The maximum Gasteiger partial charge on any atom is 0.337 e. The second kappa shape index (κ2) is 8.69. The van der Waals surface area contributed by atoms with E-state index in [1.807, 2.05) is 60.7 Å². The van der Waals surface area contributed by atoms with Crippen LogP contribution in [-0.4, -0.2) is 19.5 Å². The third kappa shape index (κ3) is 4.97. The van der Waals surface area contributed by atoms with Gasteiger partial charge >= 0.3 is 5.97 Å². The van der Waals surface area contributed by atoms with Crippen molar-refractivity contribution in [1.82, 2.24) is 4.72 Å². The van der Waals surface area contributed by atoms with Gasteiger partial charge in [0.05, 0.1) is 10.5 Å². The highest BCUT2D eigenvalue weighted by atomic mass is 32.2. The van der Waals surface area contributed by atoms with Crippen LogP contribution in [-0.2, 0) is 23.1 Å². The van der Waals surface area contributed by atoms with E-state index in [4.69, 9.17) is 0 Å². The quantitative estimate of drug-likeness (QED) is 0.542. The Bertz CT molecular complexity index is 1050. The van der Waals surface area contributed by atoms with Gasteiger partial charge < -0.3 is 10.4 Å². The molecule has 6 nitrogen and oxygen atoms in total. The smallest absolute Gasteiger partial charge is 0.337 e. The van der Waals surface area contributed by atoms with E-state index in [9.17, 15) is 18.3 Å². The van der Waals surface area contributed by atoms with Crippen LogP contribution in [0.15, 0.2) is 83.8 Å². The van der Waals surface area contributed by atoms with Gasteiger partial charge in [-0.05, 0) is 29.3 Å². The lowest BCUT2D eigenvalue weighted by molar-refractivity contribution is 0.0697. The van der Waals surface area contributed by atoms with E-state index >= 15 is 0 Å². The summed E-state index contributed by atoms with van der Waals surface area (Å²) >= 11 is 0. The van der Waals surface area contributed by atoms with E-state index in [0.717, 1.165) is 11.1 Å². The fraction of sp³-hybridized carbons (Fsp3) is 0.0952. The van der Waals surface area contributed by atoms with Crippen LogP contribution in [0.4, 0.5) is 5.69 Å². The average molecular weight is 396 g/mol. The van der Waals surface area contributed by atoms with E-state index in [1.54, 1.807) is 0 Å².